The maximum atomic E-state index is 4.82. The van der Waals surface area contributed by atoms with E-state index in [2.05, 4.69) is 57.4 Å². The summed E-state index contributed by atoms with van der Waals surface area (Å²) in [6, 6.07) is 36.6. The number of aromatic nitrogens is 6. The van der Waals surface area contributed by atoms with Gasteiger partial charge in [0, 0.05) is 77.2 Å². The van der Waals surface area contributed by atoms with Gasteiger partial charge in [0.05, 0.1) is 22.8 Å². The van der Waals surface area contributed by atoms with Gasteiger partial charge in [-0.3, -0.25) is 29.9 Å². The summed E-state index contributed by atoms with van der Waals surface area (Å²) >= 11 is 0. The summed E-state index contributed by atoms with van der Waals surface area (Å²) in [5.74, 6) is 0. The van der Waals surface area contributed by atoms with E-state index in [1.165, 1.54) is 0 Å². The topological polar surface area (TPSA) is 77.3 Å². The Hall–Kier alpha value is -5.88. The van der Waals surface area contributed by atoms with Crippen molar-refractivity contribution < 1.29 is 0 Å². The fourth-order valence-corrected chi connectivity index (χ4v) is 4.98. The number of nitrogens with zero attached hydrogens (tertiary/aromatic N) is 6. The first kappa shape index (κ1) is 26.0. The molecule has 0 fully saturated rings. The fraction of sp³-hybridized carbons (Fsp3) is 0.0270. The van der Waals surface area contributed by atoms with Gasteiger partial charge in [0.1, 0.15) is 0 Å². The molecule has 0 saturated heterocycles. The molecule has 6 heterocycles. The van der Waals surface area contributed by atoms with Gasteiger partial charge in [0.25, 0.3) is 0 Å². The Morgan fingerprint density at radius 3 is 1.42 bits per heavy atom. The Labute approximate surface area is 249 Å². The predicted molar refractivity (Wildman–Crippen MR) is 170 cm³/mol. The fourth-order valence-electron chi connectivity index (χ4n) is 4.98. The standard InChI is InChI=1S/C37H26N6/c1-4-16-38-32(7-1)22-33-13-10-26(23-41-33)29-19-30(27-11-15-37(43-24-27)36-9-3-6-18-40-36)21-31(20-29)35-14-12-28(25-42-35)34-8-2-5-17-39-34/h1-21,23-25H,22H2. The monoisotopic (exact) mass is 554 g/mol. The zero-order chi connectivity index (χ0) is 28.8. The summed E-state index contributed by atoms with van der Waals surface area (Å²) in [5.41, 5.74) is 11.5. The highest BCUT2D eigenvalue weighted by Crippen LogP contribution is 2.33. The lowest BCUT2D eigenvalue weighted by molar-refractivity contribution is 1.01. The molecule has 0 spiro atoms. The molecule has 0 unspecified atom stereocenters. The van der Waals surface area contributed by atoms with Crippen LogP contribution in [-0.4, -0.2) is 29.9 Å². The Kier molecular flexibility index (Phi) is 7.22. The quantitative estimate of drug-likeness (QED) is 0.199. The van der Waals surface area contributed by atoms with Gasteiger partial charge in [0.15, 0.2) is 0 Å². The Bertz CT molecular complexity index is 1840. The molecule has 43 heavy (non-hydrogen) atoms. The Morgan fingerprint density at radius 2 is 0.837 bits per heavy atom. The van der Waals surface area contributed by atoms with Gasteiger partial charge in [-0.2, -0.15) is 0 Å². The third-order valence-corrected chi connectivity index (χ3v) is 7.22. The number of hydrogen-bond donors (Lipinski definition) is 0. The number of rotatable bonds is 7. The second-order valence-electron chi connectivity index (χ2n) is 10.1. The normalized spacial score (nSPS) is 10.9. The molecule has 0 aliphatic heterocycles. The van der Waals surface area contributed by atoms with Crippen LogP contribution in [0.25, 0.3) is 56.2 Å². The van der Waals surface area contributed by atoms with E-state index in [0.29, 0.717) is 6.42 Å². The second kappa shape index (κ2) is 11.9. The highest BCUT2D eigenvalue weighted by Gasteiger charge is 2.11. The summed E-state index contributed by atoms with van der Waals surface area (Å²) in [6.07, 6.45) is 11.8. The molecule has 0 radical (unpaired) electrons. The number of pyridine rings is 6. The third kappa shape index (κ3) is 5.94. The molecule has 1 aromatic carbocycles. The van der Waals surface area contributed by atoms with Crippen molar-refractivity contribution in [3.8, 4) is 56.2 Å². The minimum atomic E-state index is 0.688. The average molecular weight is 555 g/mol. The van der Waals surface area contributed by atoms with Crippen molar-refractivity contribution in [3.05, 3.63) is 158 Å². The van der Waals surface area contributed by atoms with E-state index in [9.17, 15) is 0 Å². The highest BCUT2D eigenvalue weighted by atomic mass is 14.8. The van der Waals surface area contributed by atoms with Crippen molar-refractivity contribution in [3.63, 3.8) is 0 Å². The summed E-state index contributed by atoms with van der Waals surface area (Å²) in [5, 5.41) is 0. The van der Waals surface area contributed by atoms with Gasteiger partial charge in [-0.25, -0.2) is 0 Å². The van der Waals surface area contributed by atoms with Crippen LogP contribution in [0.15, 0.2) is 146 Å². The van der Waals surface area contributed by atoms with Gasteiger partial charge in [-0.05, 0) is 90.0 Å². The van der Waals surface area contributed by atoms with Crippen LogP contribution in [0.3, 0.4) is 0 Å². The zero-order valence-corrected chi connectivity index (χ0v) is 23.2. The largest absolute Gasteiger partial charge is 0.261 e. The minimum absolute atomic E-state index is 0.688. The summed E-state index contributed by atoms with van der Waals surface area (Å²) in [4.78, 5) is 27.6. The summed E-state index contributed by atoms with van der Waals surface area (Å²) < 4.78 is 0. The molecule has 6 aromatic heterocycles. The van der Waals surface area contributed by atoms with Crippen LogP contribution in [0.1, 0.15) is 11.4 Å². The molecular formula is C37H26N6. The molecule has 0 aliphatic carbocycles. The van der Waals surface area contributed by atoms with Crippen LogP contribution in [0, 0.1) is 0 Å². The van der Waals surface area contributed by atoms with Crippen LogP contribution < -0.4 is 0 Å². The van der Waals surface area contributed by atoms with Gasteiger partial charge >= 0.3 is 0 Å². The first-order valence-corrected chi connectivity index (χ1v) is 14.0. The third-order valence-electron chi connectivity index (χ3n) is 7.22. The van der Waals surface area contributed by atoms with Crippen LogP contribution in [0.2, 0.25) is 0 Å². The molecule has 7 rings (SSSR count). The van der Waals surface area contributed by atoms with Crippen molar-refractivity contribution in [2.45, 2.75) is 6.42 Å². The predicted octanol–water partition coefficient (Wildman–Crippen LogP) is 7.98. The van der Waals surface area contributed by atoms with E-state index >= 15 is 0 Å². The molecule has 0 amide bonds. The second-order valence-corrected chi connectivity index (χ2v) is 10.1. The highest BCUT2D eigenvalue weighted by molar-refractivity contribution is 5.80. The van der Waals surface area contributed by atoms with Crippen molar-refractivity contribution in [1.29, 1.82) is 0 Å². The van der Waals surface area contributed by atoms with Crippen molar-refractivity contribution in [1.82, 2.24) is 29.9 Å². The minimum Gasteiger partial charge on any atom is -0.261 e. The maximum absolute atomic E-state index is 4.82. The molecule has 0 bridgehead atoms. The van der Waals surface area contributed by atoms with E-state index in [1.807, 2.05) is 91.5 Å². The molecule has 0 N–H and O–H groups in total. The van der Waals surface area contributed by atoms with E-state index in [0.717, 1.165) is 67.5 Å². The van der Waals surface area contributed by atoms with E-state index < -0.39 is 0 Å². The van der Waals surface area contributed by atoms with Gasteiger partial charge in [-0.15, -0.1) is 0 Å². The average Bonchev–Trinajstić information content (AvgIpc) is 3.10. The van der Waals surface area contributed by atoms with E-state index in [4.69, 9.17) is 15.0 Å². The first-order valence-electron chi connectivity index (χ1n) is 14.0. The number of benzene rings is 1. The van der Waals surface area contributed by atoms with Crippen LogP contribution >= 0.6 is 0 Å². The lowest BCUT2D eigenvalue weighted by Crippen LogP contribution is -1.95. The van der Waals surface area contributed by atoms with Gasteiger partial charge in [0.2, 0.25) is 0 Å². The molecule has 0 atom stereocenters. The molecule has 0 saturated carbocycles. The molecule has 204 valence electrons. The van der Waals surface area contributed by atoms with Crippen LogP contribution in [-0.2, 0) is 6.42 Å². The van der Waals surface area contributed by atoms with Gasteiger partial charge in [-0.1, -0.05) is 30.3 Å². The van der Waals surface area contributed by atoms with Gasteiger partial charge < -0.3 is 0 Å². The Morgan fingerprint density at radius 1 is 0.326 bits per heavy atom. The molecule has 6 nitrogen and oxygen atoms in total. The lowest BCUT2D eigenvalue weighted by atomic mass is 9.95. The molecule has 6 heteroatoms. The maximum Gasteiger partial charge on any atom is 0.0886 e. The summed E-state index contributed by atoms with van der Waals surface area (Å²) in [6.45, 7) is 0. The SMILES string of the molecule is c1ccc(Cc2ccc(-c3cc(-c4ccc(-c5ccccn5)nc4)cc(-c4ccc(-c5ccccn5)cn4)c3)cn2)nc1. The van der Waals surface area contributed by atoms with E-state index in [1.54, 1.807) is 12.4 Å². The number of hydrogen-bond acceptors (Lipinski definition) is 6. The van der Waals surface area contributed by atoms with Crippen molar-refractivity contribution in [2.75, 3.05) is 0 Å². The molecule has 0 aliphatic rings. The van der Waals surface area contributed by atoms with Crippen LogP contribution in [0.4, 0.5) is 0 Å². The van der Waals surface area contributed by atoms with E-state index in [-0.39, 0.29) is 0 Å². The summed E-state index contributed by atoms with van der Waals surface area (Å²) in [7, 11) is 0. The molecular weight excluding hydrogens is 528 g/mol. The van der Waals surface area contributed by atoms with Crippen LogP contribution in [0.5, 0.6) is 0 Å². The Balaban J connectivity index is 1.25. The lowest BCUT2D eigenvalue weighted by Gasteiger charge is -2.12. The molecule has 7 aromatic rings. The smallest absolute Gasteiger partial charge is 0.0886 e. The zero-order valence-electron chi connectivity index (χ0n) is 23.2. The van der Waals surface area contributed by atoms with Crippen molar-refractivity contribution in [2.24, 2.45) is 0 Å². The first-order chi connectivity index (χ1) is 21.3. The van der Waals surface area contributed by atoms with Crippen molar-refractivity contribution >= 4 is 0 Å².